The number of carbonyl (C=O) groups excluding carboxylic acids is 1. The molecule has 1 aliphatic heterocycles. The lowest BCUT2D eigenvalue weighted by atomic mass is 10.0. The molecule has 2 heterocycles. The summed E-state index contributed by atoms with van der Waals surface area (Å²) in [6.45, 7) is 9.46. The number of carbonyl (C=O) groups is 1. The zero-order valence-corrected chi connectivity index (χ0v) is 21.4. The first-order valence-electron chi connectivity index (χ1n) is 12.4. The fraction of sp³-hybridized carbons (Fsp3) is 0.310. The quantitative estimate of drug-likeness (QED) is 0.391. The molecule has 1 aromatic heterocycles. The van der Waals surface area contributed by atoms with Crippen LogP contribution < -0.4 is 5.32 Å². The molecule has 2 aromatic carbocycles. The van der Waals surface area contributed by atoms with Crippen molar-refractivity contribution in [3.05, 3.63) is 96.6 Å². The van der Waals surface area contributed by atoms with Gasteiger partial charge in [0.05, 0.1) is 16.9 Å². The highest BCUT2D eigenvalue weighted by Gasteiger charge is 2.30. The van der Waals surface area contributed by atoms with Crippen LogP contribution in [0.4, 0.5) is 18.9 Å². The number of amides is 1. The Morgan fingerprint density at radius 1 is 1.03 bits per heavy atom. The van der Waals surface area contributed by atoms with Crippen molar-refractivity contribution >= 4 is 11.6 Å². The number of likely N-dealkylation sites (tertiary alicyclic amines) is 1. The molecule has 0 aliphatic carbocycles. The Kier molecular flexibility index (Phi) is 9.33. The molecule has 0 atom stereocenters. The van der Waals surface area contributed by atoms with Gasteiger partial charge in [0.25, 0.3) is 5.91 Å². The first-order valence-corrected chi connectivity index (χ1v) is 12.4. The molecule has 0 spiro atoms. The number of aromatic nitrogens is 1. The van der Waals surface area contributed by atoms with E-state index >= 15 is 0 Å². The first kappa shape index (κ1) is 27.8. The largest absolute Gasteiger partial charge is 0.416 e. The van der Waals surface area contributed by atoms with Crippen molar-refractivity contribution in [3.8, 4) is 11.1 Å². The molecule has 4 rings (SSSR count). The van der Waals surface area contributed by atoms with E-state index in [4.69, 9.17) is 0 Å². The van der Waals surface area contributed by atoms with Gasteiger partial charge >= 0.3 is 6.18 Å². The second-order valence-electron chi connectivity index (χ2n) is 8.60. The highest BCUT2D eigenvalue weighted by molar-refractivity contribution is 5.93. The van der Waals surface area contributed by atoms with Crippen molar-refractivity contribution in [2.24, 2.45) is 0 Å². The number of pyridine rings is 1. The molecule has 5 nitrogen and oxygen atoms in total. The lowest BCUT2D eigenvalue weighted by Crippen LogP contribution is -2.45. The lowest BCUT2D eigenvalue weighted by Gasteiger charge is -2.38. The van der Waals surface area contributed by atoms with Gasteiger partial charge in [-0.3, -0.25) is 9.78 Å². The molecule has 1 N–H and O–H groups in total. The Balaban J connectivity index is 0.00000186. The minimum absolute atomic E-state index is 0.00276. The van der Waals surface area contributed by atoms with Crippen molar-refractivity contribution in [2.75, 3.05) is 25.5 Å². The number of anilines is 1. The van der Waals surface area contributed by atoms with Gasteiger partial charge in [-0.05, 0) is 60.4 Å². The predicted molar refractivity (Wildman–Crippen MR) is 142 cm³/mol. The molecule has 8 heteroatoms. The van der Waals surface area contributed by atoms with Crippen molar-refractivity contribution in [1.29, 1.82) is 0 Å². The number of piperidine rings is 1. The number of nitrogens with zero attached hydrogens (tertiary/aromatic N) is 3. The standard InChI is InChI=1S/C27H27F3N4O.C2H6/c1-19(33(2)25-12-15-34(16-13-25)26(35)22-6-4-14-31-18-22)32-24-10-8-20(9-11-24)21-5-3-7-23(17-21)27(28,29)30;1-2/h3-11,14,17-18,25,32H,1,12-13,15-16H2,2H3;1-2H3. The van der Waals surface area contributed by atoms with Gasteiger partial charge in [-0.1, -0.05) is 44.7 Å². The average molecular weight is 511 g/mol. The molecule has 0 radical (unpaired) electrons. The van der Waals surface area contributed by atoms with Crippen LogP contribution in [0.5, 0.6) is 0 Å². The molecule has 196 valence electrons. The summed E-state index contributed by atoms with van der Waals surface area (Å²) in [5.41, 5.74) is 1.93. The number of hydrogen-bond donors (Lipinski definition) is 1. The van der Waals surface area contributed by atoms with E-state index < -0.39 is 11.7 Å². The minimum Gasteiger partial charge on any atom is -0.359 e. The first-order chi connectivity index (χ1) is 17.7. The summed E-state index contributed by atoms with van der Waals surface area (Å²) >= 11 is 0. The summed E-state index contributed by atoms with van der Waals surface area (Å²) in [6, 6.07) is 16.3. The number of nitrogens with one attached hydrogen (secondary N) is 1. The Morgan fingerprint density at radius 3 is 2.30 bits per heavy atom. The average Bonchev–Trinajstić information content (AvgIpc) is 2.94. The van der Waals surface area contributed by atoms with Crippen LogP contribution in [0.2, 0.25) is 0 Å². The Hall–Kier alpha value is -3.81. The van der Waals surface area contributed by atoms with Gasteiger partial charge < -0.3 is 15.1 Å². The van der Waals surface area contributed by atoms with E-state index in [-0.39, 0.29) is 11.9 Å². The maximum atomic E-state index is 13.0. The fourth-order valence-corrected chi connectivity index (χ4v) is 4.22. The van der Waals surface area contributed by atoms with Crippen LogP contribution in [0, 0.1) is 0 Å². The Morgan fingerprint density at radius 2 is 1.70 bits per heavy atom. The molecule has 0 bridgehead atoms. The molecule has 1 aliphatic rings. The van der Waals surface area contributed by atoms with Gasteiger partial charge in [-0.25, -0.2) is 0 Å². The molecule has 0 unspecified atom stereocenters. The summed E-state index contributed by atoms with van der Waals surface area (Å²) in [5, 5.41) is 3.28. The van der Waals surface area contributed by atoms with Gasteiger partial charge in [0.1, 0.15) is 0 Å². The van der Waals surface area contributed by atoms with Crippen molar-refractivity contribution in [3.63, 3.8) is 0 Å². The molecule has 1 amide bonds. The normalized spacial score (nSPS) is 13.8. The number of hydrogen-bond acceptors (Lipinski definition) is 4. The van der Waals surface area contributed by atoms with Crippen LogP contribution >= 0.6 is 0 Å². The zero-order valence-electron chi connectivity index (χ0n) is 21.4. The lowest BCUT2D eigenvalue weighted by molar-refractivity contribution is -0.137. The van der Waals surface area contributed by atoms with E-state index in [9.17, 15) is 18.0 Å². The van der Waals surface area contributed by atoms with Crippen LogP contribution in [-0.2, 0) is 6.18 Å². The topological polar surface area (TPSA) is 48.5 Å². The van der Waals surface area contributed by atoms with E-state index in [0.717, 1.165) is 30.7 Å². The van der Waals surface area contributed by atoms with Crippen LogP contribution in [0.15, 0.2) is 85.5 Å². The molecule has 0 saturated carbocycles. The maximum Gasteiger partial charge on any atom is 0.416 e. The van der Waals surface area contributed by atoms with Gasteiger partial charge in [-0.2, -0.15) is 13.2 Å². The van der Waals surface area contributed by atoms with Gasteiger partial charge in [-0.15, -0.1) is 0 Å². The third kappa shape index (κ3) is 7.12. The van der Waals surface area contributed by atoms with Crippen LogP contribution in [0.25, 0.3) is 11.1 Å². The van der Waals surface area contributed by atoms with E-state index in [0.29, 0.717) is 35.6 Å². The highest BCUT2D eigenvalue weighted by Crippen LogP contribution is 2.32. The maximum absolute atomic E-state index is 13.0. The summed E-state index contributed by atoms with van der Waals surface area (Å²) < 4.78 is 39.0. The number of benzene rings is 2. The molecular formula is C29H33F3N4O. The van der Waals surface area contributed by atoms with Crippen LogP contribution in [0.1, 0.15) is 42.6 Å². The van der Waals surface area contributed by atoms with Crippen LogP contribution in [-0.4, -0.2) is 46.9 Å². The van der Waals surface area contributed by atoms with Gasteiger partial charge in [0, 0.05) is 44.3 Å². The SMILES string of the molecule is C=C(Nc1ccc(-c2cccc(C(F)(F)F)c2)cc1)N(C)C1CCN(C(=O)c2cccnc2)CC1.CC. The molecule has 37 heavy (non-hydrogen) atoms. The second kappa shape index (κ2) is 12.4. The van der Waals surface area contributed by atoms with Gasteiger partial charge in [0.2, 0.25) is 0 Å². The monoisotopic (exact) mass is 510 g/mol. The zero-order chi connectivity index (χ0) is 27.0. The Bertz CT molecular complexity index is 1170. The highest BCUT2D eigenvalue weighted by atomic mass is 19.4. The number of alkyl halides is 3. The minimum atomic E-state index is -4.37. The summed E-state index contributed by atoms with van der Waals surface area (Å²) in [5.74, 6) is 0.714. The third-order valence-electron chi connectivity index (χ3n) is 6.33. The number of rotatable bonds is 6. The van der Waals surface area contributed by atoms with E-state index in [1.807, 2.05) is 37.9 Å². The van der Waals surface area contributed by atoms with Gasteiger partial charge in [0.15, 0.2) is 0 Å². The van der Waals surface area contributed by atoms with E-state index in [1.54, 1.807) is 42.7 Å². The van der Waals surface area contributed by atoms with Crippen molar-refractivity contribution < 1.29 is 18.0 Å². The van der Waals surface area contributed by atoms with Crippen LogP contribution in [0.3, 0.4) is 0 Å². The van der Waals surface area contributed by atoms with E-state index in [1.165, 1.54) is 6.07 Å². The van der Waals surface area contributed by atoms with E-state index in [2.05, 4.69) is 21.8 Å². The fourth-order valence-electron chi connectivity index (χ4n) is 4.22. The summed E-state index contributed by atoms with van der Waals surface area (Å²) in [4.78, 5) is 20.6. The Labute approximate surface area is 216 Å². The molecule has 1 fully saturated rings. The summed E-state index contributed by atoms with van der Waals surface area (Å²) in [7, 11) is 1.97. The third-order valence-corrected chi connectivity index (χ3v) is 6.33. The van der Waals surface area contributed by atoms with Crippen molar-refractivity contribution in [2.45, 2.75) is 38.9 Å². The number of halogens is 3. The molecule has 3 aromatic rings. The smallest absolute Gasteiger partial charge is 0.359 e. The molecule has 1 saturated heterocycles. The van der Waals surface area contributed by atoms with Crippen molar-refractivity contribution in [1.82, 2.24) is 14.8 Å². The molecular weight excluding hydrogens is 477 g/mol. The summed E-state index contributed by atoms with van der Waals surface area (Å²) in [6.07, 6.45) is 0.498. The predicted octanol–water partition coefficient (Wildman–Crippen LogP) is 6.91. The second-order valence-corrected chi connectivity index (χ2v) is 8.60.